The first-order valence-electron chi connectivity index (χ1n) is 3.11. The first-order valence-corrected chi connectivity index (χ1v) is 3.11. The largest absolute Gasteiger partial charge is 0.469 e. The molecule has 62 valence electrons. The maximum absolute atomic E-state index is 12.7. The van der Waals surface area contributed by atoms with Gasteiger partial charge < -0.3 is 9.52 Å². The van der Waals surface area contributed by atoms with Gasteiger partial charge in [-0.2, -0.15) is 8.78 Å². The summed E-state index contributed by atoms with van der Waals surface area (Å²) in [5, 5.41) is 8.30. The van der Waals surface area contributed by atoms with E-state index >= 15 is 0 Å². The quantitative estimate of drug-likeness (QED) is 0.717. The lowest BCUT2D eigenvalue weighted by atomic mass is 10.1. The summed E-state index contributed by atoms with van der Waals surface area (Å²) in [7, 11) is 0. The van der Waals surface area contributed by atoms with Gasteiger partial charge in [0.1, 0.15) is 12.4 Å². The molecule has 11 heavy (non-hydrogen) atoms. The van der Waals surface area contributed by atoms with Crippen molar-refractivity contribution in [2.24, 2.45) is 0 Å². The topological polar surface area (TPSA) is 33.4 Å². The molecule has 0 atom stereocenters. The first kappa shape index (κ1) is 8.20. The second-order valence-corrected chi connectivity index (χ2v) is 2.25. The Hall–Kier alpha value is -0.900. The highest BCUT2D eigenvalue weighted by atomic mass is 19.3. The van der Waals surface area contributed by atoms with Crippen molar-refractivity contribution < 1.29 is 18.3 Å². The molecule has 4 heteroatoms. The number of halogens is 2. The highest BCUT2D eigenvalue weighted by Crippen LogP contribution is 2.30. The van der Waals surface area contributed by atoms with Gasteiger partial charge in [-0.15, -0.1) is 0 Å². The maximum Gasteiger partial charge on any atom is 0.299 e. The van der Waals surface area contributed by atoms with Crippen molar-refractivity contribution in [2.45, 2.75) is 12.8 Å². The molecule has 1 rings (SSSR count). The van der Waals surface area contributed by atoms with Gasteiger partial charge in [0.25, 0.3) is 5.92 Å². The van der Waals surface area contributed by atoms with E-state index in [1.54, 1.807) is 0 Å². The Kier molecular flexibility index (Phi) is 1.95. The van der Waals surface area contributed by atoms with Crippen LogP contribution in [0.2, 0.25) is 0 Å². The summed E-state index contributed by atoms with van der Waals surface area (Å²) in [5.74, 6) is -3.04. The molecule has 0 saturated heterocycles. The number of hydrogen-bond acceptors (Lipinski definition) is 2. The smallest absolute Gasteiger partial charge is 0.299 e. The Morgan fingerprint density at radius 2 is 2.27 bits per heavy atom. The van der Waals surface area contributed by atoms with Crippen LogP contribution in [0, 0.1) is 6.92 Å². The van der Waals surface area contributed by atoms with Gasteiger partial charge in [0, 0.05) is 0 Å². The highest BCUT2D eigenvalue weighted by Gasteiger charge is 2.33. The molecule has 1 N–H and O–H groups in total. The molecule has 1 aromatic rings. The lowest BCUT2D eigenvalue weighted by Gasteiger charge is -2.10. The van der Waals surface area contributed by atoms with E-state index in [1.165, 1.54) is 13.2 Å². The molecule has 0 aliphatic rings. The Morgan fingerprint density at radius 1 is 1.64 bits per heavy atom. The molecule has 0 aliphatic heterocycles. The maximum atomic E-state index is 12.7. The third-order valence-corrected chi connectivity index (χ3v) is 1.45. The van der Waals surface area contributed by atoms with Crippen LogP contribution in [-0.4, -0.2) is 11.7 Å². The lowest BCUT2D eigenvalue weighted by Crippen LogP contribution is -2.18. The summed E-state index contributed by atoms with van der Waals surface area (Å²) in [4.78, 5) is 0. The van der Waals surface area contributed by atoms with E-state index in [0.717, 1.165) is 6.07 Å². The van der Waals surface area contributed by atoms with Crippen LogP contribution in [0.3, 0.4) is 0 Å². The van der Waals surface area contributed by atoms with Crippen LogP contribution in [0.5, 0.6) is 0 Å². The van der Waals surface area contributed by atoms with Gasteiger partial charge >= 0.3 is 0 Å². The molecule has 0 saturated carbocycles. The fourth-order valence-electron chi connectivity index (χ4n) is 0.850. The number of alkyl halides is 2. The van der Waals surface area contributed by atoms with Crippen molar-refractivity contribution in [3.63, 3.8) is 0 Å². The zero-order valence-corrected chi connectivity index (χ0v) is 5.97. The number of hydrogen-bond donors (Lipinski definition) is 1. The van der Waals surface area contributed by atoms with Gasteiger partial charge in [0.2, 0.25) is 0 Å². The monoisotopic (exact) mass is 162 g/mol. The van der Waals surface area contributed by atoms with Crippen molar-refractivity contribution in [3.8, 4) is 0 Å². The molecule has 0 aliphatic carbocycles. The first-order chi connectivity index (χ1) is 5.08. The minimum Gasteiger partial charge on any atom is -0.469 e. The SMILES string of the molecule is Cc1occc1C(F)(F)CO. The van der Waals surface area contributed by atoms with E-state index < -0.39 is 12.5 Å². The predicted octanol–water partition coefficient (Wildman–Crippen LogP) is 1.67. The van der Waals surface area contributed by atoms with Gasteiger partial charge in [-0.25, -0.2) is 0 Å². The van der Waals surface area contributed by atoms with Crippen LogP contribution in [0.1, 0.15) is 11.3 Å². The van der Waals surface area contributed by atoms with E-state index in [0.29, 0.717) is 0 Å². The molecule has 0 unspecified atom stereocenters. The van der Waals surface area contributed by atoms with Crippen molar-refractivity contribution in [1.82, 2.24) is 0 Å². The molecule has 0 radical (unpaired) electrons. The van der Waals surface area contributed by atoms with Crippen molar-refractivity contribution in [1.29, 1.82) is 0 Å². The van der Waals surface area contributed by atoms with Crippen LogP contribution >= 0.6 is 0 Å². The Bertz CT molecular complexity index is 242. The molecule has 2 nitrogen and oxygen atoms in total. The van der Waals surface area contributed by atoms with Crippen LogP contribution in [0.25, 0.3) is 0 Å². The Morgan fingerprint density at radius 3 is 2.64 bits per heavy atom. The average molecular weight is 162 g/mol. The Labute approximate surface area is 62.4 Å². The fourth-order valence-corrected chi connectivity index (χ4v) is 0.850. The third-order valence-electron chi connectivity index (χ3n) is 1.45. The molecule has 0 bridgehead atoms. The van der Waals surface area contributed by atoms with E-state index in [9.17, 15) is 8.78 Å². The minimum atomic E-state index is -3.18. The molecular formula is C7H8F2O2. The molecule has 0 amide bonds. The van der Waals surface area contributed by atoms with Crippen LogP contribution in [0.4, 0.5) is 8.78 Å². The summed E-state index contributed by atoms with van der Waals surface area (Å²) in [6, 6.07) is 1.16. The summed E-state index contributed by atoms with van der Waals surface area (Å²) < 4.78 is 30.0. The van der Waals surface area contributed by atoms with Crippen LogP contribution in [-0.2, 0) is 5.92 Å². The second kappa shape index (κ2) is 2.62. The van der Waals surface area contributed by atoms with E-state index in [2.05, 4.69) is 4.42 Å². The lowest BCUT2D eigenvalue weighted by molar-refractivity contribution is -0.0566. The van der Waals surface area contributed by atoms with Crippen molar-refractivity contribution >= 4 is 0 Å². The number of aryl methyl sites for hydroxylation is 1. The second-order valence-electron chi connectivity index (χ2n) is 2.25. The molecular weight excluding hydrogens is 154 g/mol. The fraction of sp³-hybridized carbons (Fsp3) is 0.429. The molecule has 0 fully saturated rings. The zero-order valence-electron chi connectivity index (χ0n) is 5.97. The Balaban J connectivity index is 3.00. The number of furan rings is 1. The molecule has 1 aromatic heterocycles. The summed E-state index contributed by atoms with van der Waals surface area (Å²) in [5.41, 5.74) is -0.250. The molecule has 0 aromatic carbocycles. The number of aliphatic hydroxyl groups excluding tert-OH is 1. The summed E-state index contributed by atoms with van der Waals surface area (Å²) in [6.45, 7) is 0.242. The predicted molar refractivity (Wildman–Crippen MR) is 34.4 cm³/mol. The van der Waals surface area contributed by atoms with Gasteiger partial charge in [0.05, 0.1) is 11.8 Å². The number of rotatable bonds is 2. The summed E-state index contributed by atoms with van der Waals surface area (Å²) in [6.07, 6.45) is 1.17. The average Bonchev–Trinajstić information content (AvgIpc) is 2.36. The van der Waals surface area contributed by atoms with Gasteiger partial charge in [-0.05, 0) is 13.0 Å². The van der Waals surface area contributed by atoms with Crippen molar-refractivity contribution in [2.75, 3.05) is 6.61 Å². The van der Waals surface area contributed by atoms with Gasteiger partial charge in [-0.1, -0.05) is 0 Å². The number of aliphatic hydroxyl groups is 1. The van der Waals surface area contributed by atoms with Gasteiger partial charge in [0.15, 0.2) is 0 Å². The summed E-state index contributed by atoms with van der Waals surface area (Å²) >= 11 is 0. The zero-order chi connectivity index (χ0) is 8.48. The van der Waals surface area contributed by atoms with E-state index in [1.807, 2.05) is 0 Å². The standard InChI is InChI=1S/C7H8F2O2/c1-5-6(2-3-11-5)7(8,9)4-10/h2-3,10H,4H2,1H3. The molecule has 0 spiro atoms. The van der Waals surface area contributed by atoms with Crippen LogP contribution in [0.15, 0.2) is 16.7 Å². The van der Waals surface area contributed by atoms with Gasteiger partial charge in [-0.3, -0.25) is 0 Å². The van der Waals surface area contributed by atoms with E-state index in [-0.39, 0.29) is 11.3 Å². The van der Waals surface area contributed by atoms with E-state index in [4.69, 9.17) is 5.11 Å². The van der Waals surface area contributed by atoms with Crippen LogP contribution < -0.4 is 0 Å². The molecule has 1 heterocycles. The highest BCUT2D eigenvalue weighted by molar-refractivity contribution is 5.21. The minimum absolute atomic E-state index is 0.143. The normalized spacial score (nSPS) is 12.0. The van der Waals surface area contributed by atoms with Crippen molar-refractivity contribution in [3.05, 3.63) is 23.7 Å². The third kappa shape index (κ3) is 1.40.